The highest BCUT2D eigenvalue weighted by Gasteiger charge is 2.19. The van der Waals surface area contributed by atoms with Crippen LogP contribution in [-0.4, -0.2) is 37.2 Å². The van der Waals surface area contributed by atoms with Crippen molar-refractivity contribution in [2.45, 2.75) is 226 Å². The maximum Gasteiger partial charge on any atom is 0.306 e. The van der Waals surface area contributed by atoms with Crippen LogP contribution in [0.5, 0.6) is 0 Å². The average Bonchev–Trinajstić information content (AvgIpc) is 3.38. The molecule has 0 aliphatic heterocycles. The second-order valence-electron chi connectivity index (χ2n) is 18.1. The molecule has 6 heteroatoms. The number of esters is 3. The minimum Gasteiger partial charge on any atom is -0.462 e. The molecule has 72 heavy (non-hydrogen) atoms. The summed E-state index contributed by atoms with van der Waals surface area (Å²) in [5.74, 6) is -1.08. The van der Waals surface area contributed by atoms with Crippen LogP contribution in [0.25, 0.3) is 0 Å². The third kappa shape index (κ3) is 56.0. The fourth-order valence-electron chi connectivity index (χ4n) is 7.10. The standard InChI is InChI=1S/C66H102O6/c1-4-7-10-13-16-19-22-25-26-27-28-29-30-31-32-33-34-35-36-37-38-39-40-42-44-47-50-53-56-59-65(68)71-62-63(61-70-64(67)58-55-52-49-46-43-24-21-18-15-12-9-6-3)72-66(69)60-57-54-51-48-45-41-23-20-17-14-11-8-5-2/h7-8,10-11,16-17,19-20,25-26,28-29,31-32,34-35,37-38,40-42,45,47,50-51,54,63H,4-6,9,12-15,18,21-24,27,30,33,36,39,43-44,46,48-49,52-53,55-62H2,1-3H3/b10-7-,11-8-,19-16-,20-17-,26-25-,29-28-,32-31-,35-34-,38-37-,42-40-,45-41-,50-47-,54-51-. The third-order valence-corrected chi connectivity index (χ3v) is 11.3. The predicted molar refractivity (Wildman–Crippen MR) is 311 cm³/mol. The molecule has 0 bridgehead atoms. The van der Waals surface area contributed by atoms with Gasteiger partial charge >= 0.3 is 17.9 Å². The maximum absolute atomic E-state index is 12.8. The Bertz CT molecular complexity index is 1660. The Morgan fingerprint density at radius 2 is 0.569 bits per heavy atom. The highest BCUT2D eigenvalue weighted by Crippen LogP contribution is 2.13. The van der Waals surface area contributed by atoms with Crippen molar-refractivity contribution in [2.75, 3.05) is 13.2 Å². The van der Waals surface area contributed by atoms with Gasteiger partial charge in [-0.1, -0.05) is 249 Å². The van der Waals surface area contributed by atoms with Crippen molar-refractivity contribution in [1.29, 1.82) is 0 Å². The lowest BCUT2D eigenvalue weighted by molar-refractivity contribution is -0.166. The fourth-order valence-corrected chi connectivity index (χ4v) is 7.10. The normalized spacial score (nSPS) is 13.3. The Labute approximate surface area is 441 Å². The average molecular weight is 992 g/mol. The molecule has 1 atom stereocenters. The van der Waals surface area contributed by atoms with Crippen molar-refractivity contribution in [3.8, 4) is 0 Å². The van der Waals surface area contributed by atoms with E-state index < -0.39 is 12.1 Å². The van der Waals surface area contributed by atoms with Gasteiger partial charge in [-0.15, -0.1) is 0 Å². The van der Waals surface area contributed by atoms with Crippen LogP contribution in [0.4, 0.5) is 0 Å². The number of allylic oxidation sites excluding steroid dienone is 26. The van der Waals surface area contributed by atoms with Crippen LogP contribution in [-0.2, 0) is 28.6 Å². The Kier molecular flexibility index (Phi) is 54.6. The molecule has 0 radical (unpaired) electrons. The smallest absolute Gasteiger partial charge is 0.306 e. The zero-order valence-electron chi connectivity index (χ0n) is 45.9. The zero-order valence-corrected chi connectivity index (χ0v) is 45.9. The van der Waals surface area contributed by atoms with Gasteiger partial charge in [0.1, 0.15) is 13.2 Å². The van der Waals surface area contributed by atoms with Crippen molar-refractivity contribution >= 4 is 17.9 Å². The Hall–Kier alpha value is -4.97. The topological polar surface area (TPSA) is 78.9 Å². The number of rotatable bonds is 49. The van der Waals surface area contributed by atoms with Gasteiger partial charge in [0.25, 0.3) is 0 Å². The summed E-state index contributed by atoms with van der Waals surface area (Å²) < 4.78 is 16.7. The van der Waals surface area contributed by atoms with Crippen LogP contribution >= 0.6 is 0 Å². The summed E-state index contributed by atoms with van der Waals surface area (Å²) in [5.41, 5.74) is 0. The van der Waals surface area contributed by atoms with Gasteiger partial charge in [-0.2, -0.15) is 0 Å². The second kappa shape index (κ2) is 58.6. The lowest BCUT2D eigenvalue weighted by Gasteiger charge is -2.18. The van der Waals surface area contributed by atoms with Gasteiger partial charge in [0, 0.05) is 19.3 Å². The molecule has 6 nitrogen and oxygen atoms in total. The number of carbonyl (C=O) groups excluding carboxylic acids is 3. The molecule has 0 aliphatic carbocycles. The summed E-state index contributed by atoms with van der Waals surface area (Å²) in [6, 6.07) is 0. The molecule has 0 aliphatic rings. The molecular weight excluding hydrogens is 889 g/mol. The quantitative estimate of drug-likeness (QED) is 0.0262. The monoisotopic (exact) mass is 991 g/mol. The summed E-state index contributed by atoms with van der Waals surface area (Å²) in [5, 5.41) is 0. The summed E-state index contributed by atoms with van der Waals surface area (Å²) in [7, 11) is 0. The van der Waals surface area contributed by atoms with E-state index in [0.717, 1.165) is 109 Å². The van der Waals surface area contributed by atoms with Crippen LogP contribution in [0, 0.1) is 0 Å². The van der Waals surface area contributed by atoms with Crippen LogP contribution in [0.15, 0.2) is 158 Å². The molecule has 0 aromatic carbocycles. The fraction of sp³-hybridized carbons (Fsp3) is 0.561. The predicted octanol–water partition coefficient (Wildman–Crippen LogP) is 19.4. The van der Waals surface area contributed by atoms with Crippen molar-refractivity contribution in [1.82, 2.24) is 0 Å². The minimum atomic E-state index is -0.844. The Balaban J connectivity index is 4.47. The SMILES string of the molecule is CC/C=C\C/C=C\C/C=C\C/C=C\C/C=C\C/C=C\C/C=C\C/C=C\C/C=C\CCCC(=O)OCC(COC(=O)CCCCCCCCCCCCCC)OC(=O)CC/C=C\C/C=C\C/C=C\C/C=C\CC. The van der Waals surface area contributed by atoms with Gasteiger partial charge in [-0.3, -0.25) is 14.4 Å². The van der Waals surface area contributed by atoms with E-state index in [1.807, 2.05) is 12.2 Å². The molecular formula is C66H102O6. The molecule has 0 N–H and O–H groups in total. The lowest BCUT2D eigenvalue weighted by Crippen LogP contribution is -2.30. The summed E-state index contributed by atoms with van der Waals surface area (Å²) >= 11 is 0. The van der Waals surface area contributed by atoms with Crippen molar-refractivity contribution in [3.05, 3.63) is 158 Å². The lowest BCUT2D eigenvalue weighted by atomic mass is 10.0. The van der Waals surface area contributed by atoms with E-state index in [2.05, 4.69) is 167 Å². The van der Waals surface area contributed by atoms with E-state index >= 15 is 0 Å². The van der Waals surface area contributed by atoms with Crippen molar-refractivity contribution in [3.63, 3.8) is 0 Å². The van der Waals surface area contributed by atoms with Crippen LogP contribution in [0.3, 0.4) is 0 Å². The first-order valence-corrected chi connectivity index (χ1v) is 28.5. The number of ether oxygens (including phenoxy) is 3. The highest BCUT2D eigenvalue weighted by molar-refractivity contribution is 5.71. The summed E-state index contributed by atoms with van der Waals surface area (Å²) in [6.45, 7) is 6.27. The Morgan fingerprint density at radius 3 is 0.903 bits per heavy atom. The van der Waals surface area contributed by atoms with Crippen LogP contribution in [0.1, 0.15) is 220 Å². The molecule has 1 unspecified atom stereocenters. The van der Waals surface area contributed by atoms with Crippen molar-refractivity contribution < 1.29 is 28.6 Å². The van der Waals surface area contributed by atoms with E-state index in [0.29, 0.717) is 19.3 Å². The van der Waals surface area contributed by atoms with Crippen molar-refractivity contribution in [2.24, 2.45) is 0 Å². The highest BCUT2D eigenvalue weighted by atomic mass is 16.6. The first-order valence-electron chi connectivity index (χ1n) is 28.5. The largest absolute Gasteiger partial charge is 0.462 e. The number of hydrogen-bond donors (Lipinski definition) is 0. The molecule has 0 rings (SSSR count). The third-order valence-electron chi connectivity index (χ3n) is 11.3. The second-order valence-corrected chi connectivity index (χ2v) is 18.1. The van der Waals surface area contributed by atoms with Crippen LogP contribution < -0.4 is 0 Å². The summed E-state index contributed by atoms with van der Waals surface area (Å²) in [4.78, 5) is 38.0. The first kappa shape index (κ1) is 67.0. The van der Waals surface area contributed by atoms with Gasteiger partial charge in [-0.05, 0) is 109 Å². The van der Waals surface area contributed by atoms with E-state index in [1.54, 1.807) is 0 Å². The number of unbranched alkanes of at least 4 members (excludes halogenated alkanes) is 12. The van der Waals surface area contributed by atoms with E-state index in [-0.39, 0.29) is 38.0 Å². The van der Waals surface area contributed by atoms with Gasteiger partial charge in [-0.25, -0.2) is 0 Å². The van der Waals surface area contributed by atoms with Gasteiger partial charge in [0.05, 0.1) is 0 Å². The molecule has 0 spiro atoms. The molecule has 0 aromatic heterocycles. The first-order chi connectivity index (χ1) is 35.5. The molecule has 0 aromatic rings. The number of hydrogen-bond acceptors (Lipinski definition) is 6. The molecule has 0 amide bonds. The maximum atomic E-state index is 12.8. The van der Waals surface area contributed by atoms with E-state index in [9.17, 15) is 14.4 Å². The molecule has 402 valence electrons. The molecule has 0 saturated heterocycles. The van der Waals surface area contributed by atoms with E-state index in [1.165, 1.54) is 57.8 Å². The van der Waals surface area contributed by atoms with Gasteiger partial charge in [0.15, 0.2) is 6.10 Å². The minimum absolute atomic E-state index is 0.129. The van der Waals surface area contributed by atoms with Gasteiger partial charge in [0.2, 0.25) is 0 Å². The zero-order chi connectivity index (χ0) is 52.2. The van der Waals surface area contributed by atoms with Crippen LogP contribution in [0.2, 0.25) is 0 Å². The molecule has 0 fully saturated rings. The molecule has 0 saturated carbocycles. The van der Waals surface area contributed by atoms with Gasteiger partial charge < -0.3 is 14.2 Å². The summed E-state index contributed by atoms with van der Waals surface area (Å²) in [6.07, 6.45) is 85.5. The van der Waals surface area contributed by atoms with E-state index in [4.69, 9.17) is 14.2 Å². The Morgan fingerprint density at radius 1 is 0.292 bits per heavy atom. The molecule has 0 heterocycles. The number of carbonyl (C=O) groups is 3.